The number of ether oxygens (including phenoxy) is 1. The fourth-order valence-corrected chi connectivity index (χ4v) is 2.53. The van der Waals surface area contributed by atoms with Gasteiger partial charge in [0.25, 0.3) is 0 Å². The molecule has 1 aromatic rings. The normalized spacial score (nSPS) is 16.3. The summed E-state index contributed by atoms with van der Waals surface area (Å²) in [5.41, 5.74) is 0.641. The molecule has 1 aliphatic rings. The predicted octanol–water partition coefficient (Wildman–Crippen LogP) is 1.60. The first-order chi connectivity index (χ1) is 11.3. The summed E-state index contributed by atoms with van der Waals surface area (Å²) in [6.07, 6.45) is 2.23. The Hall–Kier alpha value is -1.66. The van der Waals surface area contributed by atoms with Crippen LogP contribution in [0.1, 0.15) is 18.4 Å². The Balaban J connectivity index is 1.58. The Morgan fingerprint density at radius 3 is 2.74 bits per heavy atom. The van der Waals surface area contributed by atoms with Gasteiger partial charge in [-0.05, 0) is 25.5 Å². The van der Waals surface area contributed by atoms with Crippen molar-refractivity contribution < 1.29 is 9.13 Å². The third kappa shape index (κ3) is 6.54. The second-order valence-corrected chi connectivity index (χ2v) is 5.61. The third-order valence-corrected chi connectivity index (χ3v) is 3.92. The summed E-state index contributed by atoms with van der Waals surface area (Å²) in [7, 11) is 1.73. The van der Waals surface area contributed by atoms with Crippen molar-refractivity contribution in [2.75, 3.05) is 46.4 Å². The zero-order valence-electron chi connectivity index (χ0n) is 13.9. The van der Waals surface area contributed by atoms with Crippen LogP contribution >= 0.6 is 0 Å². The molecule has 128 valence electrons. The van der Waals surface area contributed by atoms with Crippen molar-refractivity contribution in [3.05, 3.63) is 35.6 Å². The summed E-state index contributed by atoms with van der Waals surface area (Å²) < 4.78 is 18.9. The van der Waals surface area contributed by atoms with E-state index in [0.717, 1.165) is 52.2 Å². The first-order valence-corrected chi connectivity index (χ1v) is 8.27. The molecule has 2 rings (SSSR count). The lowest BCUT2D eigenvalue weighted by molar-refractivity contribution is 0.0372. The van der Waals surface area contributed by atoms with Gasteiger partial charge in [0.1, 0.15) is 5.82 Å². The van der Waals surface area contributed by atoms with Gasteiger partial charge in [-0.1, -0.05) is 18.2 Å². The van der Waals surface area contributed by atoms with E-state index in [1.54, 1.807) is 19.2 Å². The minimum atomic E-state index is -0.194. The minimum absolute atomic E-state index is 0.194. The van der Waals surface area contributed by atoms with Crippen molar-refractivity contribution in [2.45, 2.75) is 19.4 Å². The molecule has 0 amide bonds. The molecule has 0 radical (unpaired) electrons. The SMILES string of the molecule is CN=C(NCCCCN1CCOCC1)NCc1ccccc1F. The molecule has 1 aliphatic heterocycles. The smallest absolute Gasteiger partial charge is 0.191 e. The third-order valence-electron chi connectivity index (χ3n) is 3.92. The number of aliphatic imine (C=N–C) groups is 1. The lowest BCUT2D eigenvalue weighted by Crippen LogP contribution is -2.38. The van der Waals surface area contributed by atoms with E-state index in [0.29, 0.717) is 18.1 Å². The summed E-state index contributed by atoms with van der Waals surface area (Å²) >= 11 is 0. The van der Waals surface area contributed by atoms with Crippen LogP contribution in [-0.4, -0.2) is 57.3 Å². The van der Waals surface area contributed by atoms with E-state index in [9.17, 15) is 4.39 Å². The highest BCUT2D eigenvalue weighted by Gasteiger charge is 2.09. The van der Waals surface area contributed by atoms with E-state index in [1.165, 1.54) is 6.07 Å². The van der Waals surface area contributed by atoms with Crippen LogP contribution in [0.3, 0.4) is 0 Å². The molecule has 1 aromatic carbocycles. The van der Waals surface area contributed by atoms with Gasteiger partial charge in [0.15, 0.2) is 5.96 Å². The first-order valence-electron chi connectivity index (χ1n) is 8.27. The first kappa shape index (κ1) is 17.7. The standard InChI is InChI=1S/C17H27FN4O/c1-19-17(21-14-15-6-2-3-7-16(15)18)20-8-4-5-9-22-10-12-23-13-11-22/h2-3,6-7H,4-5,8-14H2,1H3,(H2,19,20,21). The number of hydrogen-bond donors (Lipinski definition) is 2. The molecule has 23 heavy (non-hydrogen) atoms. The molecule has 0 aromatic heterocycles. The monoisotopic (exact) mass is 322 g/mol. The number of guanidine groups is 1. The van der Waals surface area contributed by atoms with Crippen molar-refractivity contribution in [1.82, 2.24) is 15.5 Å². The molecule has 0 unspecified atom stereocenters. The van der Waals surface area contributed by atoms with E-state index < -0.39 is 0 Å². The Morgan fingerprint density at radius 2 is 2.00 bits per heavy atom. The van der Waals surface area contributed by atoms with Gasteiger partial charge < -0.3 is 15.4 Å². The van der Waals surface area contributed by atoms with E-state index in [4.69, 9.17) is 4.74 Å². The second kappa shape index (κ2) is 10.2. The average molecular weight is 322 g/mol. The molecule has 2 N–H and O–H groups in total. The lowest BCUT2D eigenvalue weighted by Gasteiger charge is -2.26. The summed E-state index contributed by atoms with van der Waals surface area (Å²) in [6.45, 7) is 6.20. The van der Waals surface area contributed by atoms with Crippen molar-refractivity contribution in [3.63, 3.8) is 0 Å². The van der Waals surface area contributed by atoms with Gasteiger partial charge in [-0.15, -0.1) is 0 Å². The molecule has 5 nitrogen and oxygen atoms in total. The summed E-state index contributed by atoms with van der Waals surface area (Å²) in [4.78, 5) is 6.60. The number of rotatable bonds is 7. The van der Waals surface area contributed by atoms with Gasteiger partial charge in [-0.3, -0.25) is 9.89 Å². The highest BCUT2D eigenvalue weighted by molar-refractivity contribution is 5.79. The van der Waals surface area contributed by atoms with E-state index in [1.807, 2.05) is 6.07 Å². The molecular weight excluding hydrogens is 295 g/mol. The minimum Gasteiger partial charge on any atom is -0.379 e. The van der Waals surface area contributed by atoms with Crippen LogP contribution in [0.5, 0.6) is 0 Å². The van der Waals surface area contributed by atoms with Gasteiger partial charge >= 0.3 is 0 Å². The van der Waals surface area contributed by atoms with Crippen molar-refractivity contribution in [1.29, 1.82) is 0 Å². The van der Waals surface area contributed by atoms with Gasteiger partial charge in [-0.25, -0.2) is 4.39 Å². The van der Waals surface area contributed by atoms with Crippen LogP contribution in [0.2, 0.25) is 0 Å². The quantitative estimate of drug-likeness (QED) is 0.455. The van der Waals surface area contributed by atoms with E-state index in [2.05, 4.69) is 20.5 Å². The van der Waals surface area contributed by atoms with Crippen LogP contribution in [0, 0.1) is 5.82 Å². The van der Waals surface area contributed by atoms with Crippen LogP contribution in [0.15, 0.2) is 29.3 Å². The Bertz CT molecular complexity index is 489. The largest absolute Gasteiger partial charge is 0.379 e. The molecule has 1 heterocycles. The van der Waals surface area contributed by atoms with Gasteiger partial charge in [0.2, 0.25) is 0 Å². The maximum atomic E-state index is 13.6. The molecule has 1 fully saturated rings. The Labute approximate surface area is 137 Å². The van der Waals surface area contributed by atoms with Crippen LogP contribution in [0.4, 0.5) is 4.39 Å². The Morgan fingerprint density at radius 1 is 1.22 bits per heavy atom. The Kier molecular flexibility index (Phi) is 7.83. The number of nitrogens with one attached hydrogen (secondary N) is 2. The number of benzene rings is 1. The predicted molar refractivity (Wildman–Crippen MR) is 91.1 cm³/mol. The molecule has 6 heteroatoms. The summed E-state index contributed by atoms with van der Waals surface area (Å²) in [5, 5.41) is 6.41. The molecule has 1 saturated heterocycles. The molecule has 0 aliphatic carbocycles. The number of halogens is 1. The second-order valence-electron chi connectivity index (χ2n) is 5.61. The fraction of sp³-hybridized carbons (Fsp3) is 0.588. The topological polar surface area (TPSA) is 48.9 Å². The van der Waals surface area contributed by atoms with Crippen LogP contribution in [0.25, 0.3) is 0 Å². The van der Waals surface area contributed by atoms with Gasteiger partial charge in [0.05, 0.1) is 13.2 Å². The van der Waals surface area contributed by atoms with Crippen LogP contribution < -0.4 is 10.6 Å². The number of unbranched alkanes of at least 4 members (excludes halogenated alkanes) is 1. The molecule has 0 saturated carbocycles. The molecule has 0 bridgehead atoms. The van der Waals surface area contributed by atoms with Crippen molar-refractivity contribution >= 4 is 5.96 Å². The van der Waals surface area contributed by atoms with E-state index >= 15 is 0 Å². The fourth-order valence-electron chi connectivity index (χ4n) is 2.53. The lowest BCUT2D eigenvalue weighted by atomic mass is 10.2. The van der Waals surface area contributed by atoms with Gasteiger partial charge in [-0.2, -0.15) is 0 Å². The number of hydrogen-bond acceptors (Lipinski definition) is 3. The summed E-state index contributed by atoms with van der Waals surface area (Å²) in [5.74, 6) is 0.514. The molecule has 0 atom stereocenters. The summed E-state index contributed by atoms with van der Waals surface area (Å²) in [6, 6.07) is 6.78. The number of morpholine rings is 1. The highest BCUT2D eigenvalue weighted by Crippen LogP contribution is 2.05. The van der Waals surface area contributed by atoms with Crippen molar-refractivity contribution in [3.8, 4) is 0 Å². The molecular formula is C17H27FN4O. The van der Waals surface area contributed by atoms with E-state index in [-0.39, 0.29) is 5.82 Å². The van der Waals surface area contributed by atoms with Crippen molar-refractivity contribution in [2.24, 2.45) is 4.99 Å². The van der Waals surface area contributed by atoms with Crippen LogP contribution in [-0.2, 0) is 11.3 Å². The zero-order valence-corrected chi connectivity index (χ0v) is 13.9. The van der Waals surface area contributed by atoms with Gasteiger partial charge in [0, 0.05) is 38.8 Å². The maximum Gasteiger partial charge on any atom is 0.191 e. The highest BCUT2D eigenvalue weighted by atomic mass is 19.1. The number of nitrogens with zero attached hydrogens (tertiary/aromatic N) is 2. The molecule has 0 spiro atoms. The zero-order chi connectivity index (χ0) is 16.3. The average Bonchev–Trinajstić information content (AvgIpc) is 2.59. The maximum absolute atomic E-state index is 13.6.